The Kier molecular flexibility index (Phi) is 6.79. The second-order valence-electron chi connectivity index (χ2n) is 7.49. The van der Waals surface area contributed by atoms with Crippen molar-refractivity contribution in [2.75, 3.05) is 20.3 Å². The quantitative estimate of drug-likeness (QED) is 0.542. The first-order valence-corrected chi connectivity index (χ1v) is 10.7. The van der Waals surface area contributed by atoms with E-state index in [1.807, 2.05) is 37.4 Å². The lowest BCUT2D eigenvalue weighted by molar-refractivity contribution is 0.0429. The number of aromatic nitrogens is 2. The summed E-state index contributed by atoms with van der Waals surface area (Å²) in [6.45, 7) is 2.62. The minimum atomic E-state index is -0.149. The van der Waals surface area contributed by atoms with Crippen LogP contribution in [0.15, 0.2) is 54.9 Å². The van der Waals surface area contributed by atoms with Crippen LogP contribution in [0.2, 0.25) is 0 Å². The van der Waals surface area contributed by atoms with Gasteiger partial charge in [-0.1, -0.05) is 18.2 Å². The lowest BCUT2D eigenvalue weighted by atomic mass is 9.98. The summed E-state index contributed by atoms with van der Waals surface area (Å²) in [6, 6.07) is 14.1. The molecule has 2 aromatic heterocycles. The predicted octanol–water partition coefficient (Wildman–Crippen LogP) is 4.68. The molecule has 0 fully saturated rings. The molecule has 1 aliphatic rings. The van der Waals surface area contributed by atoms with E-state index in [0.717, 1.165) is 24.0 Å². The summed E-state index contributed by atoms with van der Waals surface area (Å²) < 4.78 is 17.1. The van der Waals surface area contributed by atoms with Crippen LogP contribution >= 0.6 is 0 Å². The number of rotatable bonds is 9. The molecule has 3 aromatic rings. The molecule has 0 saturated carbocycles. The van der Waals surface area contributed by atoms with Crippen LogP contribution < -0.4 is 9.47 Å². The highest BCUT2D eigenvalue weighted by molar-refractivity contribution is 5.69. The van der Waals surface area contributed by atoms with Gasteiger partial charge in [-0.05, 0) is 54.2 Å². The average molecular weight is 421 g/mol. The van der Waals surface area contributed by atoms with E-state index in [2.05, 4.69) is 28.2 Å². The minimum absolute atomic E-state index is 0.0281. The molecular weight excluding hydrogens is 392 g/mol. The first kappa shape index (κ1) is 21.3. The Labute approximate surface area is 182 Å². The van der Waals surface area contributed by atoms with Gasteiger partial charge in [0.2, 0.25) is 11.8 Å². The summed E-state index contributed by atoms with van der Waals surface area (Å²) in [6.07, 6.45) is 5.86. The number of hydrogen-bond acceptors (Lipinski definition) is 6. The minimum Gasteiger partial charge on any atom is -0.481 e. The van der Waals surface area contributed by atoms with Crippen molar-refractivity contribution in [3.63, 3.8) is 0 Å². The van der Waals surface area contributed by atoms with Crippen molar-refractivity contribution in [1.82, 2.24) is 9.97 Å². The monoisotopic (exact) mass is 420 g/mol. The van der Waals surface area contributed by atoms with E-state index >= 15 is 0 Å². The van der Waals surface area contributed by atoms with Crippen LogP contribution in [0.4, 0.5) is 0 Å². The van der Waals surface area contributed by atoms with E-state index in [-0.39, 0.29) is 18.8 Å². The summed E-state index contributed by atoms with van der Waals surface area (Å²) >= 11 is 0. The Morgan fingerprint density at radius 1 is 1.06 bits per heavy atom. The first-order valence-electron chi connectivity index (χ1n) is 10.7. The maximum Gasteiger partial charge on any atom is 0.213 e. The van der Waals surface area contributed by atoms with Crippen LogP contribution in [0.5, 0.6) is 11.8 Å². The fourth-order valence-corrected chi connectivity index (χ4v) is 4.13. The zero-order valence-electron chi connectivity index (χ0n) is 18.0. The van der Waals surface area contributed by atoms with Gasteiger partial charge in [-0.25, -0.2) is 9.97 Å². The summed E-state index contributed by atoms with van der Waals surface area (Å²) in [7, 11) is 1.62. The van der Waals surface area contributed by atoms with Crippen LogP contribution in [0.3, 0.4) is 0 Å². The summed E-state index contributed by atoms with van der Waals surface area (Å²) in [4.78, 5) is 8.84. The molecule has 1 aromatic carbocycles. The van der Waals surface area contributed by atoms with Crippen molar-refractivity contribution in [3.05, 3.63) is 71.5 Å². The maximum absolute atomic E-state index is 9.26. The second kappa shape index (κ2) is 9.90. The molecule has 0 unspecified atom stereocenters. The number of fused-ring (bicyclic) bond motifs is 1. The molecular formula is C25H28N2O4. The summed E-state index contributed by atoms with van der Waals surface area (Å²) in [5.41, 5.74) is 5.71. The van der Waals surface area contributed by atoms with Crippen LogP contribution in [-0.4, -0.2) is 35.4 Å². The lowest BCUT2D eigenvalue weighted by Crippen LogP contribution is -2.08. The Bertz CT molecular complexity index is 983. The van der Waals surface area contributed by atoms with Crippen LogP contribution in [0.1, 0.15) is 48.7 Å². The van der Waals surface area contributed by atoms with Gasteiger partial charge in [0.25, 0.3) is 0 Å². The molecule has 2 heterocycles. The molecule has 6 heteroatoms. The number of methoxy groups -OCH3 is 1. The molecule has 0 spiro atoms. The molecule has 4 rings (SSSR count). The third kappa shape index (κ3) is 4.70. The van der Waals surface area contributed by atoms with Gasteiger partial charge in [-0.3, -0.25) is 0 Å². The van der Waals surface area contributed by atoms with Crippen molar-refractivity contribution in [1.29, 1.82) is 0 Å². The number of pyridine rings is 2. The normalized spacial score (nSPS) is 16.0. The van der Waals surface area contributed by atoms with Crippen molar-refractivity contribution in [2.24, 2.45) is 0 Å². The molecule has 0 bridgehead atoms. The van der Waals surface area contributed by atoms with Crippen molar-refractivity contribution in [2.45, 2.75) is 38.4 Å². The van der Waals surface area contributed by atoms with E-state index < -0.39 is 0 Å². The molecule has 1 N–H and O–H groups in total. The van der Waals surface area contributed by atoms with E-state index in [9.17, 15) is 5.11 Å². The van der Waals surface area contributed by atoms with Crippen molar-refractivity contribution < 1.29 is 19.3 Å². The van der Waals surface area contributed by atoms with Gasteiger partial charge < -0.3 is 19.3 Å². The number of hydrogen-bond donors (Lipinski definition) is 1. The van der Waals surface area contributed by atoms with Gasteiger partial charge in [-0.2, -0.15) is 0 Å². The molecule has 6 nitrogen and oxygen atoms in total. The largest absolute Gasteiger partial charge is 0.481 e. The number of benzene rings is 1. The predicted molar refractivity (Wildman–Crippen MR) is 118 cm³/mol. The third-order valence-electron chi connectivity index (χ3n) is 5.63. The molecule has 162 valence electrons. The van der Waals surface area contributed by atoms with E-state index in [0.29, 0.717) is 24.8 Å². The van der Waals surface area contributed by atoms with Gasteiger partial charge in [0.15, 0.2) is 0 Å². The highest BCUT2D eigenvalue weighted by Crippen LogP contribution is 2.40. The fraction of sp³-hybridized carbons (Fsp3) is 0.360. The van der Waals surface area contributed by atoms with E-state index in [1.165, 1.54) is 16.7 Å². The first-order chi connectivity index (χ1) is 15.2. The summed E-state index contributed by atoms with van der Waals surface area (Å²) in [5, 5.41) is 9.26. The molecule has 1 aliphatic carbocycles. The third-order valence-corrected chi connectivity index (χ3v) is 5.63. The topological polar surface area (TPSA) is 73.7 Å². The van der Waals surface area contributed by atoms with Gasteiger partial charge in [0.05, 0.1) is 13.2 Å². The van der Waals surface area contributed by atoms with Crippen molar-refractivity contribution in [3.8, 4) is 22.9 Å². The highest BCUT2D eigenvalue weighted by Gasteiger charge is 2.27. The average Bonchev–Trinajstić information content (AvgIpc) is 3.22. The molecule has 0 aliphatic heterocycles. The van der Waals surface area contributed by atoms with Gasteiger partial charge in [0.1, 0.15) is 6.10 Å². The smallest absolute Gasteiger partial charge is 0.213 e. The number of aliphatic hydroxyl groups is 1. The molecule has 0 radical (unpaired) electrons. The summed E-state index contributed by atoms with van der Waals surface area (Å²) in [5.74, 6) is 1.20. The van der Waals surface area contributed by atoms with Crippen LogP contribution in [0.25, 0.3) is 11.1 Å². The number of ether oxygens (including phenoxy) is 3. The Hall–Kier alpha value is -2.96. The van der Waals surface area contributed by atoms with Crippen molar-refractivity contribution >= 4 is 0 Å². The Balaban J connectivity index is 1.51. The molecule has 31 heavy (non-hydrogen) atoms. The van der Waals surface area contributed by atoms with E-state index in [4.69, 9.17) is 14.2 Å². The highest BCUT2D eigenvalue weighted by atomic mass is 16.5. The van der Waals surface area contributed by atoms with Crippen LogP contribution in [0, 0.1) is 0 Å². The van der Waals surface area contributed by atoms with E-state index in [1.54, 1.807) is 13.3 Å². The molecule has 0 saturated heterocycles. The Morgan fingerprint density at radius 3 is 2.58 bits per heavy atom. The molecule has 2 atom stereocenters. The SMILES string of the molecule is CCO[C@@H](CCO)c1ccc(O[C@@H]2CCc3c(-c4ccc(OC)nc4)cccc32)nc1. The second-order valence-corrected chi connectivity index (χ2v) is 7.49. The lowest BCUT2D eigenvalue weighted by Gasteiger charge is -2.18. The molecule has 0 amide bonds. The maximum atomic E-state index is 9.26. The fourth-order valence-electron chi connectivity index (χ4n) is 4.13. The zero-order valence-corrected chi connectivity index (χ0v) is 18.0. The zero-order chi connectivity index (χ0) is 21.6. The number of nitrogens with zero attached hydrogens (tertiary/aromatic N) is 2. The van der Waals surface area contributed by atoms with Gasteiger partial charge in [0, 0.05) is 49.7 Å². The standard InChI is InChI=1S/C25H28N2O4/c1-3-30-22(13-14-28)18-8-12-25(27-16-18)31-23-10-9-20-19(5-4-6-21(20)23)17-7-11-24(29-2)26-15-17/h4-8,11-12,15-16,22-23,28H,3,9-10,13-14H2,1-2H3/t22-,23+/m0/s1. The van der Waals surface area contributed by atoms with Crippen LogP contribution in [-0.2, 0) is 11.2 Å². The van der Waals surface area contributed by atoms with Gasteiger partial charge >= 0.3 is 0 Å². The number of aliphatic hydroxyl groups excluding tert-OH is 1. The Morgan fingerprint density at radius 2 is 1.90 bits per heavy atom. The van der Waals surface area contributed by atoms with Gasteiger partial charge in [-0.15, -0.1) is 0 Å².